The normalized spacial score (nSPS) is 25.4. The number of hydrogen-bond acceptors (Lipinski definition) is 2. The first-order valence-electron chi connectivity index (χ1n) is 7.62. The number of rotatable bonds is 6. The standard InChI is InChI=1S/C15H30N2/c1-4-9-16-14-5-10-17(11-6-14)12-15(7-8-15)13(2)3/h13-14,16H,4-12H2,1-3H3. The zero-order valence-corrected chi connectivity index (χ0v) is 12.0. The van der Waals surface area contributed by atoms with Crippen LogP contribution < -0.4 is 5.32 Å². The summed E-state index contributed by atoms with van der Waals surface area (Å²) in [7, 11) is 0. The molecule has 0 aromatic carbocycles. The molecule has 1 saturated carbocycles. The Bertz CT molecular complexity index is 225. The number of nitrogens with one attached hydrogen (secondary N) is 1. The van der Waals surface area contributed by atoms with E-state index >= 15 is 0 Å². The molecule has 1 aliphatic heterocycles. The van der Waals surface area contributed by atoms with Gasteiger partial charge < -0.3 is 10.2 Å². The summed E-state index contributed by atoms with van der Waals surface area (Å²) in [4.78, 5) is 2.72. The van der Waals surface area contributed by atoms with E-state index in [2.05, 4.69) is 31.0 Å². The molecular weight excluding hydrogens is 208 g/mol. The molecule has 0 radical (unpaired) electrons. The Morgan fingerprint density at radius 2 is 1.88 bits per heavy atom. The van der Waals surface area contributed by atoms with Crippen LogP contribution in [0, 0.1) is 11.3 Å². The maximum Gasteiger partial charge on any atom is 0.00914 e. The SMILES string of the molecule is CCCNC1CCN(CC2(C(C)C)CC2)CC1. The minimum absolute atomic E-state index is 0.698. The zero-order valence-electron chi connectivity index (χ0n) is 12.0. The summed E-state index contributed by atoms with van der Waals surface area (Å²) < 4.78 is 0. The smallest absolute Gasteiger partial charge is 0.00914 e. The highest BCUT2D eigenvalue weighted by atomic mass is 15.2. The van der Waals surface area contributed by atoms with Gasteiger partial charge in [0.25, 0.3) is 0 Å². The summed E-state index contributed by atoms with van der Waals surface area (Å²) in [5, 5.41) is 3.67. The second-order valence-electron chi connectivity index (χ2n) is 6.52. The molecular formula is C15H30N2. The summed E-state index contributed by atoms with van der Waals surface area (Å²) in [6.07, 6.45) is 6.91. The minimum Gasteiger partial charge on any atom is -0.314 e. The lowest BCUT2D eigenvalue weighted by Crippen LogP contribution is -2.45. The Morgan fingerprint density at radius 3 is 2.35 bits per heavy atom. The van der Waals surface area contributed by atoms with Gasteiger partial charge in [0, 0.05) is 12.6 Å². The van der Waals surface area contributed by atoms with Crippen LogP contribution in [0.15, 0.2) is 0 Å². The third-order valence-electron chi connectivity index (χ3n) is 4.93. The zero-order chi connectivity index (χ0) is 12.3. The molecule has 100 valence electrons. The Morgan fingerprint density at radius 1 is 1.24 bits per heavy atom. The molecule has 0 aromatic heterocycles. The van der Waals surface area contributed by atoms with Crippen molar-refractivity contribution in [3.05, 3.63) is 0 Å². The molecule has 0 atom stereocenters. The van der Waals surface area contributed by atoms with Gasteiger partial charge in [0.15, 0.2) is 0 Å². The van der Waals surface area contributed by atoms with Crippen molar-refractivity contribution in [3.63, 3.8) is 0 Å². The van der Waals surface area contributed by atoms with Crippen LogP contribution in [0.25, 0.3) is 0 Å². The first kappa shape index (κ1) is 13.4. The van der Waals surface area contributed by atoms with Crippen LogP contribution in [0.4, 0.5) is 0 Å². The number of hydrogen-bond donors (Lipinski definition) is 1. The van der Waals surface area contributed by atoms with Crippen LogP contribution in [0.3, 0.4) is 0 Å². The third kappa shape index (κ3) is 3.45. The van der Waals surface area contributed by atoms with Crippen molar-refractivity contribution < 1.29 is 0 Å². The number of piperidine rings is 1. The van der Waals surface area contributed by atoms with E-state index in [9.17, 15) is 0 Å². The van der Waals surface area contributed by atoms with E-state index in [1.54, 1.807) is 0 Å². The fourth-order valence-corrected chi connectivity index (χ4v) is 3.17. The van der Waals surface area contributed by atoms with Crippen LogP contribution in [-0.2, 0) is 0 Å². The Hall–Kier alpha value is -0.0800. The van der Waals surface area contributed by atoms with Gasteiger partial charge in [-0.05, 0) is 63.1 Å². The van der Waals surface area contributed by atoms with Gasteiger partial charge >= 0.3 is 0 Å². The van der Waals surface area contributed by atoms with Gasteiger partial charge in [0.1, 0.15) is 0 Å². The maximum absolute atomic E-state index is 3.67. The van der Waals surface area contributed by atoms with Gasteiger partial charge in [-0.3, -0.25) is 0 Å². The third-order valence-corrected chi connectivity index (χ3v) is 4.93. The Kier molecular flexibility index (Phi) is 4.48. The molecule has 0 amide bonds. The molecule has 2 rings (SSSR count). The van der Waals surface area contributed by atoms with Crippen LogP contribution in [0.1, 0.15) is 52.9 Å². The van der Waals surface area contributed by atoms with Gasteiger partial charge in [0.2, 0.25) is 0 Å². The minimum atomic E-state index is 0.698. The van der Waals surface area contributed by atoms with E-state index in [0.717, 1.165) is 12.0 Å². The average molecular weight is 238 g/mol. The average Bonchev–Trinajstić information content (AvgIpc) is 3.09. The highest BCUT2D eigenvalue weighted by molar-refractivity contribution is 4.98. The molecule has 0 aromatic rings. The van der Waals surface area contributed by atoms with Crippen LogP contribution in [0.5, 0.6) is 0 Å². The lowest BCUT2D eigenvalue weighted by atomic mass is 9.91. The van der Waals surface area contributed by atoms with Gasteiger partial charge in [-0.1, -0.05) is 20.8 Å². The highest BCUT2D eigenvalue weighted by Gasteiger charge is 2.46. The van der Waals surface area contributed by atoms with Crippen molar-refractivity contribution in [2.24, 2.45) is 11.3 Å². The molecule has 2 aliphatic rings. The lowest BCUT2D eigenvalue weighted by Gasteiger charge is -2.36. The van der Waals surface area contributed by atoms with E-state index in [1.807, 2.05) is 0 Å². The van der Waals surface area contributed by atoms with E-state index < -0.39 is 0 Å². The molecule has 2 nitrogen and oxygen atoms in total. The molecule has 0 unspecified atom stereocenters. The van der Waals surface area contributed by atoms with Crippen LogP contribution >= 0.6 is 0 Å². The molecule has 1 aliphatic carbocycles. The van der Waals surface area contributed by atoms with Crippen LogP contribution in [0.2, 0.25) is 0 Å². The fourth-order valence-electron chi connectivity index (χ4n) is 3.17. The van der Waals surface area contributed by atoms with Crippen molar-refractivity contribution in [2.75, 3.05) is 26.2 Å². The molecule has 2 heteroatoms. The number of nitrogens with zero attached hydrogens (tertiary/aromatic N) is 1. The van der Waals surface area contributed by atoms with Gasteiger partial charge in [-0.2, -0.15) is 0 Å². The van der Waals surface area contributed by atoms with Gasteiger partial charge in [-0.25, -0.2) is 0 Å². The maximum atomic E-state index is 3.67. The lowest BCUT2D eigenvalue weighted by molar-refractivity contribution is 0.144. The molecule has 1 heterocycles. The van der Waals surface area contributed by atoms with Crippen molar-refractivity contribution in [3.8, 4) is 0 Å². The van der Waals surface area contributed by atoms with E-state index in [0.29, 0.717) is 5.41 Å². The molecule has 1 saturated heterocycles. The highest BCUT2D eigenvalue weighted by Crippen LogP contribution is 2.52. The molecule has 17 heavy (non-hydrogen) atoms. The van der Waals surface area contributed by atoms with Crippen LogP contribution in [-0.4, -0.2) is 37.1 Å². The summed E-state index contributed by atoms with van der Waals surface area (Å²) in [5.41, 5.74) is 0.698. The summed E-state index contributed by atoms with van der Waals surface area (Å²) in [5.74, 6) is 0.874. The molecule has 0 spiro atoms. The second-order valence-corrected chi connectivity index (χ2v) is 6.52. The van der Waals surface area contributed by atoms with E-state index in [-0.39, 0.29) is 0 Å². The topological polar surface area (TPSA) is 15.3 Å². The Labute approximate surface area is 107 Å². The quantitative estimate of drug-likeness (QED) is 0.765. The first-order chi connectivity index (χ1) is 8.16. The molecule has 1 N–H and O–H groups in total. The number of likely N-dealkylation sites (tertiary alicyclic amines) is 1. The predicted octanol–water partition coefficient (Wildman–Crippen LogP) is 2.89. The largest absolute Gasteiger partial charge is 0.314 e. The van der Waals surface area contributed by atoms with E-state index in [1.165, 1.54) is 58.3 Å². The van der Waals surface area contributed by atoms with Crippen molar-refractivity contribution in [1.29, 1.82) is 0 Å². The summed E-state index contributed by atoms with van der Waals surface area (Å²) in [6.45, 7) is 12.3. The van der Waals surface area contributed by atoms with E-state index in [4.69, 9.17) is 0 Å². The summed E-state index contributed by atoms with van der Waals surface area (Å²) in [6, 6.07) is 0.792. The second kappa shape index (κ2) is 5.71. The van der Waals surface area contributed by atoms with Crippen molar-refractivity contribution in [2.45, 2.75) is 58.9 Å². The predicted molar refractivity (Wildman–Crippen MR) is 74.3 cm³/mol. The van der Waals surface area contributed by atoms with Gasteiger partial charge in [-0.15, -0.1) is 0 Å². The fraction of sp³-hybridized carbons (Fsp3) is 1.00. The van der Waals surface area contributed by atoms with Gasteiger partial charge in [0.05, 0.1) is 0 Å². The summed E-state index contributed by atoms with van der Waals surface area (Å²) >= 11 is 0. The molecule has 0 bridgehead atoms. The first-order valence-corrected chi connectivity index (χ1v) is 7.62. The monoisotopic (exact) mass is 238 g/mol. The van der Waals surface area contributed by atoms with Crippen molar-refractivity contribution >= 4 is 0 Å². The Balaban J connectivity index is 1.69. The molecule has 2 fully saturated rings. The van der Waals surface area contributed by atoms with Crippen molar-refractivity contribution in [1.82, 2.24) is 10.2 Å².